The fourth-order valence-corrected chi connectivity index (χ4v) is 2.69. The highest BCUT2D eigenvalue weighted by Crippen LogP contribution is 2.19. The summed E-state index contributed by atoms with van der Waals surface area (Å²) in [5, 5.41) is 0. The predicted molar refractivity (Wildman–Crippen MR) is 82.3 cm³/mol. The largest absolute Gasteiger partial charge is 0.372 e. The molecule has 0 saturated heterocycles. The summed E-state index contributed by atoms with van der Waals surface area (Å²) >= 11 is 0. The molecule has 2 aromatic heterocycles. The van der Waals surface area contributed by atoms with Crippen LogP contribution in [0.25, 0.3) is 0 Å². The lowest BCUT2D eigenvalue weighted by molar-refractivity contribution is 0.0619. The smallest absolute Gasteiger partial charge is 0.270 e. The minimum Gasteiger partial charge on any atom is -0.372 e. The van der Waals surface area contributed by atoms with Crippen LogP contribution in [-0.4, -0.2) is 38.0 Å². The topological polar surface area (TPSA) is 63.1 Å². The zero-order valence-electron chi connectivity index (χ0n) is 13.1. The average molecular weight is 302 g/mol. The summed E-state index contributed by atoms with van der Waals surface area (Å²) in [6, 6.07) is 3.66. The molecule has 0 unspecified atom stereocenters. The van der Waals surface area contributed by atoms with E-state index in [1.165, 1.54) is 0 Å². The van der Waals surface area contributed by atoms with E-state index < -0.39 is 0 Å². The van der Waals surface area contributed by atoms with E-state index in [4.69, 9.17) is 4.74 Å². The number of hydrogen-bond acceptors (Lipinski definition) is 3. The van der Waals surface area contributed by atoms with Gasteiger partial charge in [-0.25, -0.2) is 4.98 Å². The van der Waals surface area contributed by atoms with E-state index in [0.717, 1.165) is 30.9 Å². The zero-order chi connectivity index (χ0) is 15.5. The highest BCUT2D eigenvalue weighted by molar-refractivity contribution is 5.92. The molecule has 0 bridgehead atoms. The van der Waals surface area contributed by atoms with E-state index in [0.29, 0.717) is 18.8 Å². The van der Waals surface area contributed by atoms with Gasteiger partial charge in [-0.2, -0.15) is 0 Å². The van der Waals surface area contributed by atoms with Crippen LogP contribution in [0.1, 0.15) is 42.1 Å². The molecular formula is C16H22N4O2. The lowest BCUT2D eigenvalue weighted by Crippen LogP contribution is -2.31. The molecule has 0 aliphatic carbocycles. The van der Waals surface area contributed by atoms with Crippen LogP contribution in [0.5, 0.6) is 0 Å². The maximum atomic E-state index is 12.6. The molecule has 6 heteroatoms. The summed E-state index contributed by atoms with van der Waals surface area (Å²) in [6.45, 7) is 6.73. The summed E-state index contributed by atoms with van der Waals surface area (Å²) < 4.78 is 7.82. The van der Waals surface area contributed by atoms with Crippen molar-refractivity contribution in [2.75, 3.05) is 6.54 Å². The third-order valence-electron chi connectivity index (χ3n) is 3.87. The summed E-state index contributed by atoms with van der Waals surface area (Å²) in [5.41, 5.74) is 2.64. The van der Waals surface area contributed by atoms with Crippen molar-refractivity contribution in [2.45, 2.75) is 46.1 Å². The number of aryl methyl sites for hydroxylation is 1. The summed E-state index contributed by atoms with van der Waals surface area (Å²) in [5.74, 6) is 0.0374. The molecule has 1 amide bonds. The van der Waals surface area contributed by atoms with Crippen LogP contribution in [-0.2, 0) is 24.4 Å². The number of amides is 1. The molecule has 3 rings (SSSR count). The molecule has 1 aliphatic rings. The number of hydrogen-bond donors (Lipinski definition) is 1. The van der Waals surface area contributed by atoms with E-state index in [1.807, 2.05) is 37.2 Å². The number of carbonyl (C=O) groups excluding carboxylic acids is 1. The minimum atomic E-state index is 0.0374. The number of H-pyrrole nitrogens is 1. The van der Waals surface area contributed by atoms with Crippen molar-refractivity contribution in [3.05, 3.63) is 41.7 Å². The fraction of sp³-hybridized carbons (Fsp3) is 0.500. The van der Waals surface area contributed by atoms with Gasteiger partial charge in [0.2, 0.25) is 0 Å². The Hall–Kier alpha value is -2.08. The van der Waals surface area contributed by atoms with E-state index in [2.05, 4.69) is 14.5 Å². The summed E-state index contributed by atoms with van der Waals surface area (Å²) in [7, 11) is 0. The SMILES string of the molecule is CC(C)OCc1ncn2c1CN(C(=O)c1ccc[nH]1)CCC2. The van der Waals surface area contributed by atoms with Gasteiger partial charge in [-0.3, -0.25) is 4.79 Å². The number of nitrogens with one attached hydrogen (secondary N) is 1. The van der Waals surface area contributed by atoms with Crippen molar-refractivity contribution in [1.82, 2.24) is 19.4 Å². The number of carbonyl (C=O) groups is 1. The van der Waals surface area contributed by atoms with E-state index >= 15 is 0 Å². The molecule has 0 spiro atoms. The quantitative estimate of drug-likeness (QED) is 0.941. The maximum Gasteiger partial charge on any atom is 0.270 e. The Kier molecular flexibility index (Phi) is 4.29. The Balaban J connectivity index is 1.79. The number of aromatic amines is 1. The van der Waals surface area contributed by atoms with Crippen LogP contribution >= 0.6 is 0 Å². The van der Waals surface area contributed by atoms with Gasteiger partial charge >= 0.3 is 0 Å². The van der Waals surface area contributed by atoms with Gasteiger partial charge in [0.25, 0.3) is 5.91 Å². The maximum absolute atomic E-state index is 12.6. The van der Waals surface area contributed by atoms with Crippen LogP contribution in [0.2, 0.25) is 0 Å². The van der Waals surface area contributed by atoms with E-state index in [9.17, 15) is 4.79 Å². The van der Waals surface area contributed by atoms with Crippen molar-refractivity contribution < 1.29 is 9.53 Å². The number of rotatable bonds is 4. The fourth-order valence-electron chi connectivity index (χ4n) is 2.69. The van der Waals surface area contributed by atoms with Gasteiger partial charge in [0.15, 0.2) is 0 Å². The van der Waals surface area contributed by atoms with Crippen molar-refractivity contribution >= 4 is 5.91 Å². The van der Waals surface area contributed by atoms with Gasteiger partial charge in [0, 0.05) is 19.3 Å². The molecule has 6 nitrogen and oxygen atoms in total. The van der Waals surface area contributed by atoms with Gasteiger partial charge in [-0.15, -0.1) is 0 Å². The molecule has 0 atom stereocenters. The van der Waals surface area contributed by atoms with Gasteiger partial charge in [0.1, 0.15) is 5.69 Å². The number of nitrogens with zero attached hydrogens (tertiary/aromatic N) is 3. The lowest BCUT2D eigenvalue weighted by atomic mass is 10.2. The highest BCUT2D eigenvalue weighted by Gasteiger charge is 2.23. The Morgan fingerprint density at radius 2 is 2.32 bits per heavy atom. The first kappa shape index (κ1) is 14.8. The van der Waals surface area contributed by atoms with Crippen LogP contribution in [0.15, 0.2) is 24.7 Å². The zero-order valence-corrected chi connectivity index (χ0v) is 13.1. The van der Waals surface area contributed by atoms with Crippen molar-refractivity contribution in [1.29, 1.82) is 0 Å². The first-order valence-electron chi connectivity index (χ1n) is 7.72. The molecule has 22 heavy (non-hydrogen) atoms. The molecule has 3 heterocycles. The van der Waals surface area contributed by atoms with Crippen LogP contribution < -0.4 is 0 Å². The number of ether oxygens (including phenoxy) is 1. The summed E-state index contributed by atoms with van der Waals surface area (Å²) in [6.07, 6.45) is 4.73. The van der Waals surface area contributed by atoms with Gasteiger partial charge in [-0.05, 0) is 32.4 Å². The van der Waals surface area contributed by atoms with Crippen LogP contribution in [0.3, 0.4) is 0 Å². The molecule has 2 aromatic rings. The van der Waals surface area contributed by atoms with Gasteiger partial charge < -0.3 is 19.2 Å². The third kappa shape index (κ3) is 3.06. The van der Waals surface area contributed by atoms with Gasteiger partial charge in [0.05, 0.1) is 37.0 Å². The standard InChI is InChI=1S/C16H22N4O2/c1-12(2)22-10-14-15-9-19(7-4-8-20(15)11-18-14)16(21)13-5-3-6-17-13/h3,5-6,11-12,17H,4,7-10H2,1-2H3. The third-order valence-corrected chi connectivity index (χ3v) is 3.87. The minimum absolute atomic E-state index is 0.0374. The van der Waals surface area contributed by atoms with E-state index in [-0.39, 0.29) is 12.0 Å². The first-order valence-corrected chi connectivity index (χ1v) is 7.72. The van der Waals surface area contributed by atoms with Crippen molar-refractivity contribution in [3.8, 4) is 0 Å². The van der Waals surface area contributed by atoms with Crippen LogP contribution in [0.4, 0.5) is 0 Å². The molecule has 0 fully saturated rings. The Labute approximate surface area is 130 Å². The Bertz CT molecular complexity index is 631. The molecular weight excluding hydrogens is 280 g/mol. The summed E-state index contributed by atoms with van der Waals surface area (Å²) in [4.78, 5) is 21.9. The molecule has 118 valence electrons. The second-order valence-corrected chi connectivity index (χ2v) is 5.86. The molecule has 1 N–H and O–H groups in total. The molecule has 0 aromatic carbocycles. The lowest BCUT2D eigenvalue weighted by Gasteiger charge is -2.20. The second kappa shape index (κ2) is 6.36. The molecule has 0 saturated carbocycles. The number of fused-ring (bicyclic) bond motifs is 1. The second-order valence-electron chi connectivity index (χ2n) is 5.86. The molecule has 0 radical (unpaired) electrons. The Morgan fingerprint density at radius 1 is 1.45 bits per heavy atom. The number of imidazole rings is 1. The molecule has 1 aliphatic heterocycles. The van der Waals surface area contributed by atoms with E-state index in [1.54, 1.807) is 6.20 Å². The van der Waals surface area contributed by atoms with Crippen LogP contribution in [0, 0.1) is 0 Å². The monoisotopic (exact) mass is 302 g/mol. The average Bonchev–Trinajstić information content (AvgIpc) is 3.10. The predicted octanol–water partition coefficient (Wildman–Crippen LogP) is 2.18. The van der Waals surface area contributed by atoms with Gasteiger partial charge in [-0.1, -0.05) is 0 Å². The first-order chi connectivity index (χ1) is 10.6. The number of aromatic nitrogens is 3. The highest BCUT2D eigenvalue weighted by atomic mass is 16.5. The van der Waals surface area contributed by atoms with Crippen molar-refractivity contribution in [2.24, 2.45) is 0 Å². The normalized spacial score (nSPS) is 15.0. The van der Waals surface area contributed by atoms with Crippen molar-refractivity contribution in [3.63, 3.8) is 0 Å². The Morgan fingerprint density at radius 3 is 3.05 bits per heavy atom.